The minimum atomic E-state index is -1.35. The maximum absolute atomic E-state index is 11.8. The van der Waals surface area contributed by atoms with Crippen LogP contribution >= 0.6 is 0 Å². The Bertz CT molecular complexity index is 434. The summed E-state index contributed by atoms with van der Waals surface area (Å²) in [6, 6.07) is 6.96. The van der Waals surface area contributed by atoms with E-state index in [9.17, 15) is 14.7 Å². The molecule has 6 nitrogen and oxygen atoms in total. The van der Waals surface area contributed by atoms with Crippen LogP contribution in [0.1, 0.15) is 12.5 Å². The fraction of sp³-hybridized carbons (Fsp3) is 0.385. The standard InChI is InChI=1S/C13H18N2O4/c1-8(16)11(13(18)19)15-12(17)10(14)7-9-5-3-2-4-6-9/h2-6,8,10-11,16H,7,14H2,1H3,(H,15,17)(H,18,19)/t8-,10+,11+/m1/s1. The van der Waals surface area contributed by atoms with Gasteiger partial charge in [0.2, 0.25) is 5.91 Å². The van der Waals surface area contributed by atoms with Crippen molar-refractivity contribution >= 4 is 11.9 Å². The molecule has 0 aromatic heterocycles. The molecule has 0 aliphatic carbocycles. The molecule has 0 unspecified atom stereocenters. The van der Waals surface area contributed by atoms with Crippen LogP contribution in [0.25, 0.3) is 0 Å². The highest BCUT2D eigenvalue weighted by atomic mass is 16.4. The van der Waals surface area contributed by atoms with Crippen LogP contribution < -0.4 is 11.1 Å². The van der Waals surface area contributed by atoms with Crippen LogP contribution in [0.2, 0.25) is 0 Å². The second-order valence-corrected chi connectivity index (χ2v) is 4.36. The van der Waals surface area contributed by atoms with Crippen LogP contribution in [0.3, 0.4) is 0 Å². The summed E-state index contributed by atoms with van der Waals surface area (Å²) in [7, 11) is 0. The molecule has 6 heteroatoms. The summed E-state index contributed by atoms with van der Waals surface area (Å²) in [5.74, 6) is -1.90. The molecule has 0 saturated heterocycles. The molecule has 0 aliphatic rings. The molecule has 0 radical (unpaired) electrons. The van der Waals surface area contributed by atoms with Crippen molar-refractivity contribution in [3.8, 4) is 0 Å². The largest absolute Gasteiger partial charge is 0.480 e. The molecular formula is C13H18N2O4. The lowest BCUT2D eigenvalue weighted by atomic mass is 10.1. The zero-order valence-corrected chi connectivity index (χ0v) is 10.6. The molecule has 19 heavy (non-hydrogen) atoms. The highest BCUT2D eigenvalue weighted by Gasteiger charge is 2.27. The molecular weight excluding hydrogens is 248 g/mol. The first-order chi connectivity index (χ1) is 8.91. The number of aliphatic hydroxyl groups excluding tert-OH is 1. The van der Waals surface area contributed by atoms with Crippen molar-refractivity contribution in [2.45, 2.75) is 31.5 Å². The molecule has 1 aromatic rings. The van der Waals surface area contributed by atoms with Crippen LogP contribution in [-0.2, 0) is 16.0 Å². The van der Waals surface area contributed by atoms with Gasteiger partial charge in [-0.3, -0.25) is 4.79 Å². The normalized spacial score (nSPS) is 15.3. The van der Waals surface area contributed by atoms with Crippen LogP contribution in [0.5, 0.6) is 0 Å². The van der Waals surface area contributed by atoms with Gasteiger partial charge < -0.3 is 21.3 Å². The molecule has 104 valence electrons. The number of carbonyl (C=O) groups is 2. The number of amides is 1. The molecule has 0 spiro atoms. The van der Waals surface area contributed by atoms with E-state index in [1.807, 2.05) is 30.3 Å². The Morgan fingerprint density at radius 1 is 1.32 bits per heavy atom. The van der Waals surface area contributed by atoms with Gasteiger partial charge >= 0.3 is 5.97 Å². The summed E-state index contributed by atoms with van der Waals surface area (Å²) in [4.78, 5) is 22.6. The second-order valence-electron chi connectivity index (χ2n) is 4.36. The Hall–Kier alpha value is -1.92. The van der Waals surface area contributed by atoms with Gasteiger partial charge in [0.25, 0.3) is 0 Å². The van der Waals surface area contributed by atoms with Crippen LogP contribution in [0.15, 0.2) is 30.3 Å². The van der Waals surface area contributed by atoms with E-state index in [1.165, 1.54) is 6.92 Å². The van der Waals surface area contributed by atoms with Crippen molar-refractivity contribution in [2.24, 2.45) is 5.73 Å². The zero-order valence-electron chi connectivity index (χ0n) is 10.6. The van der Waals surface area contributed by atoms with E-state index in [-0.39, 0.29) is 0 Å². The lowest BCUT2D eigenvalue weighted by molar-refractivity contribution is -0.144. The quantitative estimate of drug-likeness (QED) is 0.555. The van der Waals surface area contributed by atoms with Crippen LogP contribution in [0.4, 0.5) is 0 Å². The fourth-order valence-electron chi connectivity index (χ4n) is 1.61. The summed E-state index contributed by atoms with van der Waals surface area (Å²) < 4.78 is 0. The van der Waals surface area contributed by atoms with Crippen molar-refractivity contribution in [3.63, 3.8) is 0 Å². The molecule has 1 amide bonds. The number of benzene rings is 1. The number of aliphatic hydroxyl groups is 1. The lowest BCUT2D eigenvalue weighted by Gasteiger charge is -2.19. The summed E-state index contributed by atoms with van der Waals surface area (Å²) in [5.41, 5.74) is 6.59. The number of carboxylic acid groups (broad SMARTS) is 1. The third-order valence-corrected chi connectivity index (χ3v) is 2.68. The molecule has 3 atom stereocenters. The van der Waals surface area contributed by atoms with Gasteiger partial charge in [-0.2, -0.15) is 0 Å². The highest BCUT2D eigenvalue weighted by Crippen LogP contribution is 2.02. The summed E-state index contributed by atoms with van der Waals surface area (Å²) in [6.45, 7) is 1.29. The monoisotopic (exact) mass is 266 g/mol. The molecule has 5 N–H and O–H groups in total. The van der Waals surface area contributed by atoms with Gasteiger partial charge in [0, 0.05) is 0 Å². The van der Waals surface area contributed by atoms with Crippen LogP contribution in [-0.4, -0.2) is 40.3 Å². The summed E-state index contributed by atoms with van der Waals surface area (Å²) >= 11 is 0. The predicted octanol–water partition coefficient (Wildman–Crippen LogP) is -0.493. The third kappa shape index (κ3) is 4.69. The van der Waals surface area contributed by atoms with E-state index in [1.54, 1.807) is 0 Å². The van der Waals surface area contributed by atoms with Gasteiger partial charge in [-0.25, -0.2) is 4.79 Å². The average Bonchev–Trinajstić information content (AvgIpc) is 2.35. The number of nitrogens with two attached hydrogens (primary N) is 1. The zero-order chi connectivity index (χ0) is 14.4. The van der Waals surface area contributed by atoms with Gasteiger partial charge in [0.1, 0.15) is 0 Å². The van der Waals surface area contributed by atoms with Crippen molar-refractivity contribution in [2.75, 3.05) is 0 Å². The molecule has 0 fully saturated rings. The van der Waals surface area contributed by atoms with Gasteiger partial charge in [-0.05, 0) is 18.9 Å². The van der Waals surface area contributed by atoms with Gasteiger partial charge in [-0.1, -0.05) is 30.3 Å². The Morgan fingerprint density at radius 2 is 1.89 bits per heavy atom. The second kappa shape index (κ2) is 6.86. The van der Waals surface area contributed by atoms with E-state index in [4.69, 9.17) is 10.8 Å². The van der Waals surface area contributed by atoms with Crippen molar-refractivity contribution in [3.05, 3.63) is 35.9 Å². The summed E-state index contributed by atoms with van der Waals surface area (Å²) in [6.07, 6.45) is -0.885. The number of carbonyl (C=O) groups excluding carboxylic acids is 1. The van der Waals surface area contributed by atoms with E-state index in [0.717, 1.165) is 5.56 Å². The SMILES string of the molecule is C[C@@H](O)[C@H](NC(=O)[C@@H](N)Cc1ccccc1)C(=O)O. The maximum Gasteiger partial charge on any atom is 0.328 e. The average molecular weight is 266 g/mol. The van der Waals surface area contributed by atoms with Crippen molar-refractivity contribution in [1.82, 2.24) is 5.32 Å². The van der Waals surface area contributed by atoms with E-state index in [0.29, 0.717) is 6.42 Å². The molecule has 0 aliphatic heterocycles. The Kier molecular flexibility index (Phi) is 5.47. The van der Waals surface area contributed by atoms with E-state index >= 15 is 0 Å². The smallest absolute Gasteiger partial charge is 0.328 e. The Balaban J connectivity index is 2.60. The number of nitrogens with one attached hydrogen (secondary N) is 1. The first kappa shape index (κ1) is 15.1. The number of hydrogen-bond acceptors (Lipinski definition) is 4. The van der Waals surface area contributed by atoms with Crippen molar-refractivity contribution < 1.29 is 19.8 Å². The topological polar surface area (TPSA) is 113 Å². The van der Waals surface area contributed by atoms with E-state index < -0.39 is 30.1 Å². The van der Waals surface area contributed by atoms with Gasteiger partial charge in [0.05, 0.1) is 12.1 Å². The first-order valence-electron chi connectivity index (χ1n) is 5.92. The third-order valence-electron chi connectivity index (χ3n) is 2.68. The Morgan fingerprint density at radius 3 is 2.37 bits per heavy atom. The summed E-state index contributed by atoms with van der Waals surface area (Å²) in [5, 5.41) is 20.3. The minimum Gasteiger partial charge on any atom is -0.480 e. The molecule has 0 saturated carbocycles. The van der Waals surface area contributed by atoms with Crippen molar-refractivity contribution in [1.29, 1.82) is 0 Å². The fourth-order valence-corrected chi connectivity index (χ4v) is 1.61. The van der Waals surface area contributed by atoms with Crippen LogP contribution in [0, 0.1) is 0 Å². The molecule has 0 bridgehead atoms. The lowest BCUT2D eigenvalue weighted by Crippen LogP contribution is -2.53. The Labute approximate surface area is 111 Å². The number of aliphatic carboxylic acids is 1. The maximum atomic E-state index is 11.8. The number of rotatable bonds is 6. The van der Waals surface area contributed by atoms with E-state index in [2.05, 4.69) is 5.32 Å². The van der Waals surface area contributed by atoms with Gasteiger partial charge in [0.15, 0.2) is 6.04 Å². The molecule has 0 heterocycles. The molecule has 1 rings (SSSR count). The van der Waals surface area contributed by atoms with Gasteiger partial charge in [-0.15, -0.1) is 0 Å². The number of carboxylic acids is 1. The number of hydrogen-bond donors (Lipinski definition) is 4. The predicted molar refractivity (Wildman–Crippen MR) is 69.4 cm³/mol. The molecule has 1 aromatic carbocycles. The highest BCUT2D eigenvalue weighted by molar-refractivity contribution is 5.87. The minimum absolute atomic E-state index is 0.304. The first-order valence-corrected chi connectivity index (χ1v) is 5.92.